The molecule has 12 heteroatoms. The normalized spacial score (nSPS) is 11.9. The monoisotopic (exact) mass is 757 g/mol. The van der Waals surface area contributed by atoms with E-state index in [-0.39, 0.29) is 10.0 Å². The first-order chi connectivity index (χ1) is 20.9. The van der Waals surface area contributed by atoms with E-state index in [1.807, 2.05) is 74.8 Å². The molecule has 0 bridgehead atoms. The molecule has 0 aliphatic rings. The molecular weight excluding hydrogens is 729 g/mol. The van der Waals surface area contributed by atoms with Crippen LogP contribution in [-0.4, -0.2) is 28.3 Å². The maximum absolute atomic E-state index is 13.6. The Morgan fingerprint density at radius 1 is 1.00 bits per heavy atom. The van der Waals surface area contributed by atoms with E-state index in [0.29, 0.717) is 27.3 Å². The van der Waals surface area contributed by atoms with Gasteiger partial charge in [0.1, 0.15) is 15.7 Å². The number of halogens is 2. The molecule has 4 aromatic heterocycles. The first-order valence-corrected chi connectivity index (χ1v) is 18.0. The Balaban J connectivity index is 1.36. The molecule has 6 rings (SSSR count). The van der Waals surface area contributed by atoms with Gasteiger partial charge in [0.15, 0.2) is 5.82 Å². The highest BCUT2D eigenvalue weighted by molar-refractivity contribution is 14.1. The van der Waals surface area contributed by atoms with Crippen LogP contribution in [0.2, 0.25) is 5.02 Å². The predicted octanol–water partition coefficient (Wildman–Crippen LogP) is 8.79. The second kappa shape index (κ2) is 11.9. The number of thiophene rings is 1. The van der Waals surface area contributed by atoms with Crippen molar-refractivity contribution >= 4 is 72.3 Å². The fraction of sp³-hybridized carbons (Fsp3) is 0.219. The summed E-state index contributed by atoms with van der Waals surface area (Å²) >= 11 is 9.57. The molecule has 2 aromatic carbocycles. The van der Waals surface area contributed by atoms with Gasteiger partial charge < -0.3 is 4.52 Å². The number of nitrogens with zero attached hydrogens (tertiary/aromatic N) is 4. The third kappa shape index (κ3) is 5.78. The summed E-state index contributed by atoms with van der Waals surface area (Å²) in [5.74, 6) is 0.823. The first kappa shape index (κ1) is 30.8. The molecule has 0 fully saturated rings. The summed E-state index contributed by atoms with van der Waals surface area (Å²) in [6, 6.07) is 17.8. The topological polar surface area (TPSA) is 103 Å². The summed E-state index contributed by atoms with van der Waals surface area (Å²) in [7, 11) is -3.91. The van der Waals surface area contributed by atoms with Crippen molar-refractivity contribution < 1.29 is 12.9 Å². The average molecular weight is 758 g/mol. The Kier molecular flexibility index (Phi) is 8.33. The lowest BCUT2D eigenvalue weighted by atomic mass is 10.0. The van der Waals surface area contributed by atoms with Gasteiger partial charge in [-0.25, -0.2) is 8.42 Å². The van der Waals surface area contributed by atoms with E-state index in [2.05, 4.69) is 44.6 Å². The molecule has 8 nitrogen and oxygen atoms in total. The molecule has 6 aromatic rings. The maximum atomic E-state index is 13.6. The lowest BCUT2D eigenvalue weighted by Gasteiger charge is -2.12. The number of hydrogen-bond donors (Lipinski definition) is 1. The van der Waals surface area contributed by atoms with Gasteiger partial charge in [-0.05, 0) is 75.6 Å². The Labute approximate surface area is 278 Å². The van der Waals surface area contributed by atoms with Gasteiger partial charge in [-0.3, -0.25) is 14.4 Å². The van der Waals surface area contributed by atoms with Crippen molar-refractivity contribution in [1.29, 1.82) is 0 Å². The fourth-order valence-corrected chi connectivity index (χ4v) is 9.14. The molecule has 1 N–H and O–H groups in total. The number of benzene rings is 2. The number of sulfonamides is 1. The largest absolute Gasteiger partial charge is 0.359 e. The van der Waals surface area contributed by atoms with Gasteiger partial charge in [-0.15, -0.1) is 11.3 Å². The van der Waals surface area contributed by atoms with E-state index in [1.165, 1.54) is 11.3 Å². The van der Waals surface area contributed by atoms with E-state index >= 15 is 0 Å². The molecule has 0 radical (unpaired) electrons. The molecule has 0 amide bonds. The maximum Gasteiger partial charge on any atom is 0.273 e. The summed E-state index contributed by atoms with van der Waals surface area (Å²) in [5, 5.41) is 10.7. The van der Waals surface area contributed by atoms with Crippen LogP contribution in [0.3, 0.4) is 0 Å². The van der Waals surface area contributed by atoms with Crippen molar-refractivity contribution in [2.45, 2.75) is 49.8 Å². The van der Waals surface area contributed by atoms with E-state index in [0.717, 1.165) is 60.7 Å². The van der Waals surface area contributed by atoms with Gasteiger partial charge in [0.05, 0.1) is 12.1 Å². The minimum atomic E-state index is -3.91. The molecule has 0 spiro atoms. The van der Waals surface area contributed by atoms with Crippen LogP contribution in [0.15, 0.2) is 63.3 Å². The number of aryl methyl sites for hydroxylation is 5. The van der Waals surface area contributed by atoms with Crippen molar-refractivity contribution in [2.24, 2.45) is 0 Å². The third-order valence-electron chi connectivity index (χ3n) is 7.49. The zero-order valence-electron chi connectivity index (χ0n) is 24.7. The quantitative estimate of drug-likeness (QED) is 0.123. The number of anilines is 1. The molecule has 0 saturated carbocycles. The van der Waals surface area contributed by atoms with Crippen molar-refractivity contribution in [3.05, 3.63) is 98.3 Å². The van der Waals surface area contributed by atoms with Gasteiger partial charge >= 0.3 is 0 Å². The smallest absolute Gasteiger partial charge is 0.273 e. The van der Waals surface area contributed by atoms with Crippen LogP contribution >= 0.6 is 45.5 Å². The summed E-state index contributed by atoms with van der Waals surface area (Å²) in [5.41, 5.74) is 8.93. The van der Waals surface area contributed by atoms with Crippen molar-refractivity contribution in [1.82, 2.24) is 19.9 Å². The van der Waals surface area contributed by atoms with E-state index in [1.54, 1.807) is 6.92 Å². The third-order valence-corrected chi connectivity index (χ3v) is 11.4. The summed E-state index contributed by atoms with van der Waals surface area (Å²) in [4.78, 5) is 5.60. The molecule has 0 unspecified atom stereocenters. The summed E-state index contributed by atoms with van der Waals surface area (Å²) < 4.78 is 38.0. The van der Waals surface area contributed by atoms with Gasteiger partial charge in [0.25, 0.3) is 10.0 Å². The molecule has 0 aliphatic carbocycles. The zero-order valence-corrected chi connectivity index (χ0v) is 29.2. The summed E-state index contributed by atoms with van der Waals surface area (Å²) in [6.07, 6.45) is 0. The van der Waals surface area contributed by atoms with Crippen LogP contribution in [0.5, 0.6) is 0 Å². The molecule has 44 heavy (non-hydrogen) atoms. The first-order valence-electron chi connectivity index (χ1n) is 13.8. The van der Waals surface area contributed by atoms with E-state index < -0.39 is 10.0 Å². The van der Waals surface area contributed by atoms with Crippen molar-refractivity contribution in [3.63, 3.8) is 0 Å². The fourth-order valence-electron chi connectivity index (χ4n) is 5.44. The molecule has 0 aliphatic heterocycles. The summed E-state index contributed by atoms with van der Waals surface area (Å²) in [6.45, 7) is 10.2. The van der Waals surface area contributed by atoms with Gasteiger partial charge in [0, 0.05) is 47.8 Å². The minimum absolute atomic E-state index is 0.228. The Morgan fingerprint density at radius 3 is 2.45 bits per heavy atom. The van der Waals surface area contributed by atoms with E-state index in [4.69, 9.17) is 26.2 Å². The zero-order chi connectivity index (χ0) is 31.3. The SMILES string of the molecule is Cc1cc2c(c(C)n1)c(-c1ccc(Cl)cc1)nn2Cc1ccc(-c2cc(C)sc2S(=O)(=O)Nc2noc(C)c2CI)c(C)c1. The van der Waals surface area contributed by atoms with Crippen LogP contribution in [0, 0.1) is 34.6 Å². The molecular formula is C32H29ClIN5O3S2. The highest BCUT2D eigenvalue weighted by Crippen LogP contribution is 2.39. The number of aromatic nitrogens is 4. The van der Waals surface area contributed by atoms with E-state index in [9.17, 15) is 8.42 Å². The Morgan fingerprint density at radius 2 is 1.75 bits per heavy atom. The van der Waals surface area contributed by atoms with Gasteiger partial charge in [-0.2, -0.15) is 5.10 Å². The number of nitrogens with one attached hydrogen (secondary N) is 1. The van der Waals surface area contributed by atoms with Crippen molar-refractivity contribution in [2.75, 3.05) is 4.72 Å². The second-order valence-electron chi connectivity index (χ2n) is 10.8. The van der Waals surface area contributed by atoms with Crippen LogP contribution in [0.4, 0.5) is 5.82 Å². The molecule has 0 saturated heterocycles. The highest BCUT2D eigenvalue weighted by atomic mass is 127. The molecule has 226 valence electrons. The lowest BCUT2D eigenvalue weighted by Crippen LogP contribution is -2.14. The van der Waals surface area contributed by atoms with Crippen LogP contribution in [0.1, 0.15) is 38.7 Å². The standard InChI is InChI=1S/C32H29ClIN5O3S2/c1-17-12-22(16-39-28-13-18(2)35-20(4)29(28)30(36-39)23-7-9-24(33)10-8-23)6-11-25(17)26-14-19(3)43-32(26)44(40,41)38-31-27(15-34)21(5)42-37-31/h6-14H,15-16H2,1-5H3,(H,37,38). The minimum Gasteiger partial charge on any atom is -0.359 e. The second-order valence-corrected chi connectivity index (χ2v) is 15.1. The number of rotatable bonds is 8. The Hall–Kier alpha value is -3.26. The lowest BCUT2D eigenvalue weighted by molar-refractivity contribution is 0.399. The van der Waals surface area contributed by atoms with Crippen molar-refractivity contribution in [3.8, 4) is 22.4 Å². The van der Waals surface area contributed by atoms with Gasteiger partial charge in [0.2, 0.25) is 0 Å². The highest BCUT2D eigenvalue weighted by Gasteiger charge is 2.26. The number of fused-ring (bicyclic) bond motifs is 1. The number of hydrogen-bond acceptors (Lipinski definition) is 7. The Bertz CT molecular complexity index is 2150. The number of pyridine rings is 1. The molecule has 0 atom stereocenters. The van der Waals surface area contributed by atoms with Crippen LogP contribution in [0.25, 0.3) is 33.3 Å². The predicted molar refractivity (Wildman–Crippen MR) is 186 cm³/mol. The van der Waals surface area contributed by atoms with Gasteiger partial charge in [-0.1, -0.05) is 69.7 Å². The molecule has 4 heterocycles. The average Bonchev–Trinajstić information content (AvgIpc) is 3.64. The number of alkyl halides is 1. The van der Waals surface area contributed by atoms with Crippen LogP contribution < -0.4 is 4.72 Å². The van der Waals surface area contributed by atoms with Crippen LogP contribution in [-0.2, 0) is 21.0 Å².